The van der Waals surface area contributed by atoms with E-state index in [0.717, 1.165) is 0 Å². The van der Waals surface area contributed by atoms with Gasteiger partial charge in [0.05, 0.1) is 6.54 Å². The molecule has 0 aromatic rings. The van der Waals surface area contributed by atoms with E-state index < -0.39 is 17.9 Å². The van der Waals surface area contributed by atoms with E-state index in [4.69, 9.17) is 20.7 Å². The van der Waals surface area contributed by atoms with Crippen LogP contribution in [0.4, 0.5) is 0 Å². The highest BCUT2D eigenvalue weighted by Gasteiger charge is 2.55. The molecule has 2 saturated heterocycles. The predicted octanol–water partition coefficient (Wildman–Crippen LogP) is 1.13. The minimum absolute atomic E-state index is 0.0172. The van der Waals surface area contributed by atoms with Crippen molar-refractivity contribution >= 4 is 11.8 Å². The van der Waals surface area contributed by atoms with Gasteiger partial charge in [0, 0.05) is 35.3 Å². The SMILES string of the molecule is C=C1C[C@@]2(C[C@H](N)[C@H]3CC=C(CN=[N+]=[N-])C(=O)[C@@H]3O2)OC1=O. The van der Waals surface area contributed by atoms with Gasteiger partial charge in [0.15, 0.2) is 5.78 Å². The summed E-state index contributed by atoms with van der Waals surface area (Å²) in [5.74, 6) is -2.13. The fourth-order valence-corrected chi connectivity index (χ4v) is 3.31. The van der Waals surface area contributed by atoms with Crippen molar-refractivity contribution in [2.45, 2.75) is 37.2 Å². The van der Waals surface area contributed by atoms with Crippen molar-refractivity contribution in [1.82, 2.24) is 0 Å². The van der Waals surface area contributed by atoms with E-state index in [2.05, 4.69) is 16.6 Å². The van der Waals surface area contributed by atoms with Gasteiger partial charge in [-0.05, 0) is 17.5 Å². The topological polar surface area (TPSA) is 127 Å². The molecule has 0 unspecified atom stereocenters. The number of carbonyl (C=O) groups excluding carboxylic acids is 2. The maximum atomic E-state index is 12.5. The molecule has 4 atom stereocenters. The van der Waals surface area contributed by atoms with Crippen molar-refractivity contribution in [2.75, 3.05) is 6.54 Å². The standard InChI is InChI=1S/C14H16N4O4/c1-7-4-14(22-13(7)20)5-10(15)9-3-2-8(6-17-18-16)11(19)12(9)21-14/h2,9-10,12H,1,3-6,15H2/t9-,10+,12-,14+/m1/s1. The van der Waals surface area contributed by atoms with Crippen LogP contribution in [0, 0.1) is 5.92 Å². The van der Waals surface area contributed by atoms with E-state index in [1.807, 2.05) is 0 Å². The zero-order valence-corrected chi connectivity index (χ0v) is 11.9. The van der Waals surface area contributed by atoms with Gasteiger partial charge in [0.1, 0.15) is 6.10 Å². The van der Waals surface area contributed by atoms with Crippen molar-refractivity contribution in [3.8, 4) is 0 Å². The molecule has 0 amide bonds. The number of Topliss-reactive ketones (excluding diaryl/α,β-unsaturated/α-hetero) is 1. The van der Waals surface area contributed by atoms with Gasteiger partial charge < -0.3 is 15.2 Å². The number of allylic oxidation sites excluding steroid dienone is 1. The van der Waals surface area contributed by atoms with Gasteiger partial charge in [-0.3, -0.25) is 4.79 Å². The lowest BCUT2D eigenvalue weighted by Crippen LogP contribution is -2.58. The quantitative estimate of drug-likeness (QED) is 0.269. The van der Waals surface area contributed by atoms with Crippen LogP contribution in [0.1, 0.15) is 19.3 Å². The predicted molar refractivity (Wildman–Crippen MR) is 75.3 cm³/mol. The molecule has 8 nitrogen and oxygen atoms in total. The number of carbonyl (C=O) groups is 2. The molecule has 2 fully saturated rings. The Morgan fingerprint density at radius 3 is 2.95 bits per heavy atom. The van der Waals surface area contributed by atoms with Gasteiger partial charge in [0.2, 0.25) is 5.79 Å². The number of ether oxygens (including phenoxy) is 2. The van der Waals surface area contributed by atoms with Crippen molar-refractivity contribution in [3.05, 3.63) is 34.2 Å². The molecule has 2 heterocycles. The van der Waals surface area contributed by atoms with Crippen LogP contribution >= 0.6 is 0 Å². The summed E-state index contributed by atoms with van der Waals surface area (Å²) in [5.41, 5.74) is 15.3. The maximum Gasteiger partial charge on any atom is 0.336 e. The largest absolute Gasteiger partial charge is 0.429 e. The first-order chi connectivity index (χ1) is 10.5. The van der Waals surface area contributed by atoms with Crippen LogP contribution in [-0.4, -0.2) is 36.2 Å². The Bertz CT molecular complexity index is 619. The molecule has 0 aromatic heterocycles. The number of rotatable bonds is 2. The molecule has 0 bridgehead atoms. The Morgan fingerprint density at radius 2 is 2.32 bits per heavy atom. The lowest BCUT2D eigenvalue weighted by atomic mass is 9.76. The van der Waals surface area contributed by atoms with E-state index in [9.17, 15) is 9.59 Å². The Balaban J connectivity index is 1.86. The molecule has 0 radical (unpaired) electrons. The number of azide groups is 1. The zero-order valence-electron chi connectivity index (χ0n) is 11.9. The molecule has 116 valence electrons. The van der Waals surface area contributed by atoms with Gasteiger partial charge in [-0.15, -0.1) is 0 Å². The molecule has 1 spiro atoms. The van der Waals surface area contributed by atoms with E-state index in [0.29, 0.717) is 24.0 Å². The number of ketones is 1. The van der Waals surface area contributed by atoms with Crippen molar-refractivity contribution in [2.24, 2.45) is 16.8 Å². The molecule has 1 aliphatic carbocycles. The first-order valence-electron chi connectivity index (χ1n) is 7.04. The maximum absolute atomic E-state index is 12.5. The highest BCUT2D eigenvalue weighted by atomic mass is 16.7. The third-order valence-corrected chi connectivity index (χ3v) is 4.39. The molecule has 3 rings (SSSR count). The summed E-state index contributed by atoms with van der Waals surface area (Å²) in [5, 5.41) is 3.42. The first-order valence-corrected chi connectivity index (χ1v) is 7.04. The second-order valence-corrected chi connectivity index (χ2v) is 5.87. The lowest BCUT2D eigenvalue weighted by molar-refractivity contribution is -0.261. The van der Waals surface area contributed by atoms with Gasteiger partial charge in [0.25, 0.3) is 0 Å². The lowest BCUT2D eigenvalue weighted by Gasteiger charge is -2.45. The minimum Gasteiger partial charge on any atom is -0.429 e. The normalized spacial score (nSPS) is 37.4. The second kappa shape index (κ2) is 5.24. The van der Waals surface area contributed by atoms with Crippen LogP contribution in [0.15, 0.2) is 28.9 Å². The number of nitrogens with zero attached hydrogens (tertiary/aromatic N) is 3. The van der Waals surface area contributed by atoms with E-state index in [-0.39, 0.29) is 30.7 Å². The fourth-order valence-electron chi connectivity index (χ4n) is 3.31. The fraction of sp³-hybridized carbons (Fsp3) is 0.571. The number of hydrogen-bond donors (Lipinski definition) is 1. The molecule has 3 aliphatic rings. The molecule has 2 aliphatic heterocycles. The Kier molecular flexibility index (Phi) is 3.52. The summed E-state index contributed by atoms with van der Waals surface area (Å²) < 4.78 is 11.2. The number of hydrogen-bond acceptors (Lipinski definition) is 6. The average molecular weight is 304 g/mol. The van der Waals surface area contributed by atoms with Crippen molar-refractivity contribution in [3.63, 3.8) is 0 Å². The third-order valence-electron chi connectivity index (χ3n) is 4.39. The van der Waals surface area contributed by atoms with Crippen molar-refractivity contribution < 1.29 is 19.1 Å². The third kappa shape index (κ3) is 2.31. The highest BCUT2D eigenvalue weighted by Crippen LogP contribution is 2.44. The Morgan fingerprint density at radius 1 is 1.55 bits per heavy atom. The number of esters is 1. The summed E-state index contributed by atoms with van der Waals surface area (Å²) in [6.07, 6.45) is 2.09. The van der Waals surface area contributed by atoms with E-state index in [1.54, 1.807) is 6.08 Å². The van der Waals surface area contributed by atoms with Gasteiger partial charge in [-0.1, -0.05) is 17.8 Å². The monoisotopic (exact) mass is 304 g/mol. The smallest absolute Gasteiger partial charge is 0.336 e. The summed E-state index contributed by atoms with van der Waals surface area (Å²) in [6.45, 7) is 3.62. The van der Waals surface area contributed by atoms with Crippen molar-refractivity contribution in [1.29, 1.82) is 0 Å². The molecule has 22 heavy (non-hydrogen) atoms. The summed E-state index contributed by atoms with van der Waals surface area (Å²) in [6, 6.07) is -0.321. The van der Waals surface area contributed by atoms with Gasteiger partial charge >= 0.3 is 5.97 Å². The molecule has 0 aromatic carbocycles. The second-order valence-electron chi connectivity index (χ2n) is 5.87. The molecule has 8 heteroatoms. The van der Waals surface area contributed by atoms with Gasteiger partial charge in [-0.2, -0.15) is 0 Å². The Labute approximate surface area is 126 Å². The van der Waals surface area contributed by atoms with Crippen LogP contribution < -0.4 is 5.73 Å². The van der Waals surface area contributed by atoms with Crippen LogP contribution in [0.5, 0.6) is 0 Å². The van der Waals surface area contributed by atoms with E-state index >= 15 is 0 Å². The van der Waals surface area contributed by atoms with Crippen LogP contribution in [0.2, 0.25) is 0 Å². The number of nitrogens with two attached hydrogens (primary N) is 1. The average Bonchev–Trinajstić information content (AvgIpc) is 2.73. The summed E-state index contributed by atoms with van der Waals surface area (Å²) in [4.78, 5) is 26.8. The first kappa shape index (κ1) is 14.8. The van der Waals surface area contributed by atoms with Crippen LogP contribution in [-0.2, 0) is 19.1 Å². The highest BCUT2D eigenvalue weighted by molar-refractivity contribution is 6.00. The molecule has 2 N–H and O–H groups in total. The summed E-state index contributed by atoms with van der Waals surface area (Å²) >= 11 is 0. The Hall–Kier alpha value is -2.15. The minimum atomic E-state index is -1.19. The number of fused-ring (bicyclic) bond motifs is 1. The molecular formula is C14H16N4O4. The zero-order chi connectivity index (χ0) is 15.9. The summed E-state index contributed by atoms with van der Waals surface area (Å²) in [7, 11) is 0. The van der Waals surface area contributed by atoms with Gasteiger partial charge in [-0.25, -0.2) is 4.79 Å². The van der Waals surface area contributed by atoms with E-state index in [1.165, 1.54) is 0 Å². The molecular weight excluding hydrogens is 288 g/mol. The molecule has 0 saturated carbocycles. The van der Waals surface area contributed by atoms with Crippen LogP contribution in [0.25, 0.3) is 10.4 Å². The van der Waals surface area contributed by atoms with Crippen LogP contribution in [0.3, 0.4) is 0 Å².